The summed E-state index contributed by atoms with van der Waals surface area (Å²) in [4.78, 5) is 25.7. The molecule has 1 aliphatic carbocycles. The van der Waals surface area contributed by atoms with Crippen LogP contribution in [0.15, 0.2) is 109 Å². The number of carbonyl (C=O) groups is 2. The lowest BCUT2D eigenvalue weighted by Gasteiger charge is -2.22. The number of hydrogen-bond donors (Lipinski definition) is 2. The molecule has 0 saturated carbocycles. The standard InChI is InChI=1S/C31H27NO5/c33-19-28(30(34)37-29(21-11-3-1-4-12-21)22-13-5-2-6-14-22)32-31(35)36-20-27-25-17-9-7-15-23(25)24-16-8-10-18-26(24)27/h1-18,27-29,33H,19-20H2,(H,32,35)/t28-/m1/s1. The average molecular weight is 494 g/mol. The van der Waals surface area contributed by atoms with Crippen LogP contribution in [0.1, 0.15) is 34.3 Å². The van der Waals surface area contributed by atoms with Gasteiger partial charge in [0, 0.05) is 5.92 Å². The van der Waals surface area contributed by atoms with Gasteiger partial charge < -0.3 is 19.9 Å². The van der Waals surface area contributed by atoms with Crippen molar-refractivity contribution >= 4 is 12.1 Å². The molecule has 1 atom stereocenters. The van der Waals surface area contributed by atoms with Crippen molar-refractivity contribution in [1.29, 1.82) is 0 Å². The Kier molecular flexibility index (Phi) is 7.28. The first-order valence-corrected chi connectivity index (χ1v) is 12.2. The Labute approximate surface area is 215 Å². The third kappa shape index (κ3) is 5.25. The maximum Gasteiger partial charge on any atom is 0.407 e. The highest BCUT2D eigenvalue weighted by Crippen LogP contribution is 2.44. The van der Waals surface area contributed by atoms with Crippen molar-refractivity contribution < 1.29 is 24.2 Å². The Morgan fingerprint density at radius 1 is 0.730 bits per heavy atom. The summed E-state index contributed by atoms with van der Waals surface area (Å²) in [7, 11) is 0. The van der Waals surface area contributed by atoms with Crippen LogP contribution in [-0.4, -0.2) is 36.4 Å². The van der Waals surface area contributed by atoms with Crippen molar-refractivity contribution in [2.45, 2.75) is 18.1 Å². The molecule has 37 heavy (non-hydrogen) atoms. The van der Waals surface area contributed by atoms with Crippen molar-refractivity contribution in [2.24, 2.45) is 0 Å². The molecule has 0 radical (unpaired) electrons. The second-order valence-electron chi connectivity index (χ2n) is 8.84. The SMILES string of the molecule is O=C(N[C@H](CO)C(=O)OC(c1ccccc1)c1ccccc1)OCC1c2ccccc2-c2ccccc21. The topological polar surface area (TPSA) is 84.9 Å². The van der Waals surface area contributed by atoms with Gasteiger partial charge in [0.1, 0.15) is 6.61 Å². The number of benzene rings is 4. The fraction of sp³-hybridized carbons (Fsp3) is 0.161. The minimum absolute atomic E-state index is 0.101. The highest BCUT2D eigenvalue weighted by atomic mass is 16.6. The zero-order valence-electron chi connectivity index (χ0n) is 20.1. The average Bonchev–Trinajstić information content (AvgIpc) is 3.28. The molecule has 0 spiro atoms. The molecule has 1 aliphatic rings. The molecule has 6 heteroatoms. The molecule has 0 aromatic heterocycles. The summed E-state index contributed by atoms with van der Waals surface area (Å²) in [5, 5.41) is 12.3. The van der Waals surface area contributed by atoms with Crippen molar-refractivity contribution in [1.82, 2.24) is 5.32 Å². The molecule has 4 aromatic rings. The van der Waals surface area contributed by atoms with Crippen LogP contribution in [0.3, 0.4) is 0 Å². The molecule has 0 unspecified atom stereocenters. The van der Waals surface area contributed by atoms with Crippen LogP contribution in [0.5, 0.6) is 0 Å². The number of carbonyl (C=O) groups excluding carboxylic acids is 2. The summed E-state index contributed by atoms with van der Waals surface area (Å²) in [5.41, 5.74) is 5.97. The molecule has 1 amide bonds. The lowest BCUT2D eigenvalue weighted by molar-refractivity contribution is -0.151. The fourth-order valence-corrected chi connectivity index (χ4v) is 4.74. The van der Waals surface area contributed by atoms with E-state index in [0.717, 1.165) is 33.4 Å². The molecule has 0 fully saturated rings. The van der Waals surface area contributed by atoms with Gasteiger partial charge in [-0.25, -0.2) is 9.59 Å². The van der Waals surface area contributed by atoms with Crippen molar-refractivity contribution in [3.63, 3.8) is 0 Å². The van der Waals surface area contributed by atoms with Crippen LogP contribution in [0.2, 0.25) is 0 Å². The van der Waals surface area contributed by atoms with Gasteiger partial charge in [-0.2, -0.15) is 0 Å². The van der Waals surface area contributed by atoms with E-state index >= 15 is 0 Å². The van der Waals surface area contributed by atoms with Gasteiger partial charge in [0.05, 0.1) is 6.61 Å². The highest BCUT2D eigenvalue weighted by molar-refractivity contribution is 5.82. The Balaban J connectivity index is 1.25. The van der Waals surface area contributed by atoms with Crippen LogP contribution >= 0.6 is 0 Å². The van der Waals surface area contributed by atoms with Gasteiger partial charge in [-0.1, -0.05) is 109 Å². The number of aliphatic hydroxyl groups is 1. The summed E-state index contributed by atoms with van der Waals surface area (Å²) in [6.07, 6.45) is -1.48. The van der Waals surface area contributed by atoms with Crippen molar-refractivity contribution in [2.75, 3.05) is 13.2 Å². The molecule has 0 aliphatic heterocycles. The maximum absolute atomic E-state index is 13.0. The largest absolute Gasteiger partial charge is 0.451 e. The van der Waals surface area contributed by atoms with E-state index in [1.54, 1.807) is 0 Å². The molecular formula is C31H27NO5. The first kappa shape index (κ1) is 24.3. The van der Waals surface area contributed by atoms with Crippen LogP contribution in [0.4, 0.5) is 4.79 Å². The maximum atomic E-state index is 13.0. The van der Waals surface area contributed by atoms with E-state index in [0.29, 0.717) is 0 Å². The second-order valence-corrected chi connectivity index (χ2v) is 8.84. The van der Waals surface area contributed by atoms with Gasteiger partial charge in [0.25, 0.3) is 0 Å². The number of fused-ring (bicyclic) bond motifs is 3. The van der Waals surface area contributed by atoms with E-state index in [9.17, 15) is 14.7 Å². The van der Waals surface area contributed by atoms with Crippen LogP contribution < -0.4 is 5.32 Å². The summed E-state index contributed by atoms with van der Waals surface area (Å²) in [6, 6.07) is 33.4. The molecule has 0 saturated heterocycles. The Morgan fingerprint density at radius 3 is 1.73 bits per heavy atom. The summed E-state index contributed by atoms with van der Waals surface area (Å²) in [6.45, 7) is -0.525. The predicted octanol–water partition coefficient (Wildman–Crippen LogP) is 5.22. The smallest absolute Gasteiger partial charge is 0.407 e. The predicted molar refractivity (Wildman–Crippen MR) is 140 cm³/mol. The van der Waals surface area contributed by atoms with E-state index in [1.165, 1.54) is 0 Å². The molecule has 4 aromatic carbocycles. The molecule has 0 heterocycles. The number of rotatable bonds is 8. The molecule has 2 N–H and O–H groups in total. The minimum atomic E-state index is -1.27. The normalized spacial score (nSPS) is 12.9. The fourth-order valence-electron chi connectivity index (χ4n) is 4.74. The van der Waals surface area contributed by atoms with E-state index in [4.69, 9.17) is 9.47 Å². The van der Waals surface area contributed by atoms with Crippen molar-refractivity contribution in [3.05, 3.63) is 131 Å². The summed E-state index contributed by atoms with van der Waals surface area (Å²) >= 11 is 0. The zero-order chi connectivity index (χ0) is 25.6. The van der Waals surface area contributed by atoms with Gasteiger partial charge in [-0.15, -0.1) is 0 Å². The number of esters is 1. The van der Waals surface area contributed by atoms with Crippen LogP contribution in [0.25, 0.3) is 11.1 Å². The minimum Gasteiger partial charge on any atom is -0.451 e. The third-order valence-corrected chi connectivity index (χ3v) is 6.54. The van der Waals surface area contributed by atoms with Crippen LogP contribution in [-0.2, 0) is 14.3 Å². The van der Waals surface area contributed by atoms with Crippen LogP contribution in [0, 0.1) is 0 Å². The number of amides is 1. The van der Waals surface area contributed by atoms with Gasteiger partial charge >= 0.3 is 12.1 Å². The number of aliphatic hydroxyl groups excluding tert-OH is 1. The quantitative estimate of drug-likeness (QED) is 0.329. The van der Waals surface area contributed by atoms with Gasteiger partial charge in [0.15, 0.2) is 12.1 Å². The zero-order valence-corrected chi connectivity index (χ0v) is 20.1. The van der Waals surface area contributed by atoms with Gasteiger partial charge in [-0.3, -0.25) is 0 Å². The van der Waals surface area contributed by atoms with Gasteiger partial charge in [-0.05, 0) is 33.4 Å². The van der Waals surface area contributed by atoms with Crippen molar-refractivity contribution in [3.8, 4) is 11.1 Å². The first-order chi connectivity index (χ1) is 18.2. The number of hydrogen-bond acceptors (Lipinski definition) is 5. The molecule has 186 valence electrons. The molecule has 0 bridgehead atoms. The monoisotopic (exact) mass is 493 g/mol. The lowest BCUT2D eigenvalue weighted by atomic mass is 9.98. The highest BCUT2D eigenvalue weighted by Gasteiger charge is 2.31. The number of alkyl carbamates (subject to hydrolysis) is 1. The van der Waals surface area contributed by atoms with E-state index in [1.807, 2.05) is 97.1 Å². The van der Waals surface area contributed by atoms with E-state index < -0.39 is 30.8 Å². The third-order valence-electron chi connectivity index (χ3n) is 6.54. The number of nitrogens with one attached hydrogen (secondary N) is 1. The summed E-state index contributed by atoms with van der Waals surface area (Å²) < 4.78 is 11.3. The summed E-state index contributed by atoms with van der Waals surface area (Å²) in [5.74, 6) is -0.869. The Bertz CT molecular complexity index is 1290. The molecular weight excluding hydrogens is 466 g/mol. The van der Waals surface area contributed by atoms with E-state index in [-0.39, 0.29) is 12.5 Å². The number of ether oxygens (including phenoxy) is 2. The lowest BCUT2D eigenvalue weighted by Crippen LogP contribution is -2.45. The molecule has 6 nitrogen and oxygen atoms in total. The molecule has 5 rings (SSSR count). The Hall–Kier alpha value is -4.42. The van der Waals surface area contributed by atoms with E-state index in [2.05, 4.69) is 17.4 Å². The van der Waals surface area contributed by atoms with Gasteiger partial charge in [0.2, 0.25) is 0 Å². The second kappa shape index (κ2) is 11.1. The first-order valence-electron chi connectivity index (χ1n) is 12.2. The Morgan fingerprint density at radius 2 is 1.22 bits per heavy atom.